The van der Waals surface area contributed by atoms with Gasteiger partial charge in [0.2, 0.25) is 5.91 Å². The van der Waals surface area contributed by atoms with Crippen LogP contribution in [0, 0.1) is 5.92 Å². The molecule has 2 unspecified atom stereocenters. The Morgan fingerprint density at radius 2 is 2.04 bits per heavy atom. The number of amides is 1. The second kappa shape index (κ2) is 6.81. The molecular weight excluding hydrogens is 298 g/mol. The number of benzene rings is 1. The van der Waals surface area contributed by atoms with Crippen molar-refractivity contribution in [3.63, 3.8) is 0 Å². The number of carbonyl (C=O) groups excluding carboxylic acids is 2. The molecule has 6 heteroatoms. The fourth-order valence-electron chi connectivity index (χ4n) is 3.02. The maximum atomic E-state index is 12.5. The van der Waals surface area contributed by atoms with Crippen LogP contribution in [0.1, 0.15) is 36.2 Å². The normalized spacial score (nSPS) is 20.4. The number of carbonyl (C=O) groups is 3. The minimum atomic E-state index is -0.871. The molecule has 0 saturated carbocycles. The van der Waals surface area contributed by atoms with E-state index in [1.807, 2.05) is 0 Å². The molecule has 1 N–H and O–H groups in total. The van der Waals surface area contributed by atoms with Crippen molar-refractivity contribution in [1.29, 1.82) is 0 Å². The summed E-state index contributed by atoms with van der Waals surface area (Å²) in [6.45, 7) is 3.66. The molecule has 6 nitrogen and oxygen atoms in total. The molecule has 0 radical (unpaired) electrons. The highest BCUT2D eigenvalue weighted by atomic mass is 16.5. The maximum Gasteiger partial charge on any atom is 0.308 e. The molecule has 1 aromatic rings. The van der Waals surface area contributed by atoms with Gasteiger partial charge in [0.15, 0.2) is 5.78 Å². The summed E-state index contributed by atoms with van der Waals surface area (Å²) >= 11 is 0. The fraction of sp³-hybridized carbons (Fsp3) is 0.471. The Bertz CT molecular complexity index is 640. The van der Waals surface area contributed by atoms with Crippen molar-refractivity contribution in [2.24, 2.45) is 5.92 Å². The molecule has 0 bridgehead atoms. The van der Waals surface area contributed by atoms with Crippen molar-refractivity contribution in [1.82, 2.24) is 4.90 Å². The first kappa shape index (κ1) is 17.0. The lowest BCUT2D eigenvalue weighted by molar-refractivity contribution is -0.143. The van der Waals surface area contributed by atoms with Gasteiger partial charge in [-0.25, -0.2) is 0 Å². The third-order valence-corrected chi connectivity index (χ3v) is 4.42. The third-order valence-electron chi connectivity index (χ3n) is 4.42. The van der Waals surface area contributed by atoms with Gasteiger partial charge in [-0.2, -0.15) is 0 Å². The lowest BCUT2D eigenvalue weighted by atomic mass is 10.0. The van der Waals surface area contributed by atoms with Crippen LogP contribution in [-0.4, -0.2) is 47.4 Å². The number of hydrogen-bond acceptors (Lipinski definition) is 4. The van der Waals surface area contributed by atoms with E-state index in [1.54, 1.807) is 30.0 Å². The monoisotopic (exact) mass is 319 g/mol. The van der Waals surface area contributed by atoms with E-state index < -0.39 is 11.9 Å². The van der Waals surface area contributed by atoms with E-state index in [1.165, 1.54) is 14.0 Å². The molecule has 2 rings (SSSR count). The zero-order valence-corrected chi connectivity index (χ0v) is 13.5. The molecule has 1 amide bonds. The first-order chi connectivity index (χ1) is 10.8. The average Bonchev–Trinajstić information content (AvgIpc) is 2.89. The number of methoxy groups -OCH3 is 1. The van der Waals surface area contributed by atoms with Crippen LogP contribution in [0.25, 0.3) is 0 Å². The van der Waals surface area contributed by atoms with E-state index >= 15 is 0 Å². The van der Waals surface area contributed by atoms with E-state index in [2.05, 4.69) is 0 Å². The maximum absolute atomic E-state index is 12.5. The van der Waals surface area contributed by atoms with Crippen LogP contribution >= 0.6 is 0 Å². The molecule has 1 aliphatic rings. The quantitative estimate of drug-likeness (QED) is 0.836. The second-order valence-electron chi connectivity index (χ2n) is 5.82. The van der Waals surface area contributed by atoms with Crippen molar-refractivity contribution >= 4 is 17.7 Å². The molecule has 1 heterocycles. The van der Waals surface area contributed by atoms with Gasteiger partial charge < -0.3 is 14.7 Å². The molecule has 1 aromatic carbocycles. The van der Waals surface area contributed by atoms with Gasteiger partial charge in [-0.05, 0) is 38.5 Å². The molecule has 1 aliphatic heterocycles. The highest BCUT2D eigenvalue weighted by molar-refractivity contribution is 5.94. The lowest BCUT2D eigenvalue weighted by Gasteiger charge is -2.23. The summed E-state index contributed by atoms with van der Waals surface area (Å²) in [6, 6.07) is 4.66. The summed E-state index contributed by atoms with van der Waals surface area (Å²) in [5.74, 6) is -1.08. The van der Waals surface area contributed by atoms with Crippen molar-refractivity contribution in [2.75, 3.05) is 13.7 Å². The number of likely N-dealkylation sites (tertiary alicyclic amines) is 1. The summed E-state index contributed by atoms with van der Waals surface area (Å²) in [4.78, 5) is 36.8. The van der Waals surface area contributed by atoms with E-state index in [0.717, 1.165) is 0 Å². The van der Waals surface area contributed by atoms with Crippen LogP contribution < -0.4 is 4.74 Å². The predicted molar refractivity (Wildman–Crippen MR) is 83.6 cm³/mol. The Kier molecular flexibility index (Phi) is 5.03. The molecular formula is C17H21NO5. The first-order valence-corrected chi connectivity index (χ1v) is 7.55. The number of carboxylic acid groups (broad SMARTS) is 1. The molecule has 1 fully saturated rings. The standard InChI is InChI=1S/C17H21NO5/c1-10-14(17(21)22)6-7-18(10)16(20)9-13-8-12(11(2)19)4-5-15(13)23-3/h4-5,8,10,14H,6-7,9H2,1-3H3,(H,21,22). The van der Waals surface area contributed by atoms with Gasteiger partial charge in [0.05, 0.1) is 19.4 Å². The van der Waals surface area contributed by atoms with Crippen molar-refractivity contribution in [3.8, 4) is 5.75 Å². The van der Waals surface area contributed by atoms with E-state index in [0.29, 0.717) is 29.8 Å². The van der Waals surface area contributed by atoms with Gasteiger partial charge in [0.1, 0.15) is 5.75 Å². The van der Waals surface area contributed by atoms with Gasteiger partial charge in [-0.1, -0.05) is 0 Å². The molecule has 0 spiro atoms. The van der Waals surface area contributed by atoms with Crippen LogP contribution in [0.15, 0.2) is 18.2 Å². The number of Topliss-reactive ketones (excluding diaryl/α,β-unsaturated/α-hetero) is 1. The highest BCUT2D eigenvalue weighted by Crippen LogP contribution is 2.27. The molecule has 1 saturated heterocycles. The van der Waals surface area contributed by atoms with E-state index in [9.17, 15) is 14.4 Å². The fourth-order valence-corrected chi connectivity index (χ4v) is 3.02. The number of carboxylic acids is 1. The number of hydrogen-bond donors (Lipinski definition) is 1. The summed E-state index contributed by atoms with van der Waals surface area (Å²) < 4.78 is 5.25. The number of rotatable bonds is 5. The Morgan fingerprint density at radius 3 is 2.57 bits per heavy atom. The summed E-state index contributed by atoms with van der Waals surface area (Å²) in [7, 11) is 1.51. The van der Waals surface area contributed by atoms with Crippen molar-refractivity contribution in [2.45, 2.75) is 32.7 Å². The first-order valence-electron chi connectivity index (χ1n) is 7.55. The predicted octanol–water partition coefficient (Wildman–Crippen LogP) is 1.76. The minimum absolute atomic E-state index is 0.0816. The van der Waals surface area contributed by atoms with Crippen molar-refractivity contribution in [3.05, 3.63) is 29.3 Å². The Morgan fingerprint density at radius 1 is 1.35 bits per heavy atom. The highest BCUT2D eigenvalue weighted by Gasteiger charge is 2.38. The molecule has 124 valence electrons. The van der Waals surface area contributed by atoms with Gasteiger partial charge >= 0.3 is 5.97 Å². The van der Waals surface area contributed by atoms with Crippen molar-refractivity contribution < 1.29 is 24.2 Å². The van der Waals surface area contributed by atoms with Crippen LogP contribution in [0.4, 0.5) is 0 Å². The summed E-state index contributed by atoms with van der Waals surface area (Å²) in [5, 5.41) is 9.16. The molecule has 0 aromatic heterocycles. The Balaban J connectivity index is 2.18. The van der Waals surface area contributed by atoms with Gasteiger partial charge in [0.25, 0.3) is 0 Å². The van der Waals surface area contributed by atoms with Crippen LogP contribution in [0.3, 0.4) is 0 Å². The van der Waals surface area contributed by atoms with Crippen LogP contribution in [-0.2, 0) is 16.0 Å². The summed E-state index contributed by atoms with van der Waals surface area (Å²) in [6.07, 6.45) is 0.549. The molecule has 0 aliphatic carbocycles. The number of ether oxygens (including phenoxy) is 1. The third kappa shape index (κ3) is 3.52. The van der Waals surface area contributed by atoms with E-state index in [4.69, 9.17) is 9.84 Å². The zero-order chi connectivity index (χ0) is 17.1. The zero-order valence-electron chi connectivity index (χ0n) is 13.5. The van der Waals surface area contributed by atoms with Gasteiger partial charge in [-0.15, -0.1) is 0 Å². The Labute approximate surface area is 135 Å². The van der Waals surface area contributed by atoms with E-state index in [-0.39, 0.29) is 24.2 Å². The second-order valence-corrected chi connectivity index (χ2v) is 5.82. The van der Waals surface area contributed by atoms with Gasteiger partial charge in [-0.3, -0.25) is 14.4 Å². The molecule has 2 atom stereocenters. The smallest absolute Gasteiger partial charge is 0.308 e. The topological polar surface area (TPSA) is 83.9 Å². The number of ketones is 1. The largest absolute Gasteiger partial charge is 0.496 e. The van der Waals surface area contributed by atoms with Crippen LogP contribution in [0.5, 0.6) is 5.75 Å². The lowest BCUT2D eigenvalue weighted by Crippen LogP contribution is -2.38. The minimum Gasteiger partial charge on any atom is -0.496 e. The van der Waals surface area contributed by atoms with Crippen LogP contribution in [0.2, 0.25) is 0 Å². The number of aliphatic carboxylic acids is 1. The molecule has 23 heavy (non-hydrogen) atoms. The summed E-state index contributed by atoms with van der Waals surface area (Å²) in [5.41, 5.74) is 1.16. The van der Waals surface area contributed by atoms with Gasteiger partial charge in [0, 0.05) is 23.7 Å². The average molecular weight is 319 g/mol. The number of nitrogens with zero attached hydrogens (tertiary/aromatic N) is 1. The Hall–Kier alpha value is -2.37. The SMILES string of the molecule is COc1ccc(C(C)=O)cc1CC(=O)N1CCC(C(=O)O)C1C.